The Bertz CT molecular complexity index is 451. The quantitative estimate of drug-likeness (QED) is 0.871. The lowest BCUT2D eigenvalue weighted by Gasteiger charge is -2.21. The minimum Gasteiger partial charge on any atom is -0.340 e. The molecule has 0 spiro atoms. The van der Waals surface area contributed by atoms with Crippen molar-refractivity contribution in [2.75, 3.05) is 13.3 Å². The summed E-state index contributed by atoms with van der Waals surface area (Å²) in [5.74, 6) is -0.0370. The van der Waals surface area contributed by atoms with Crippen LogP contribution in [0.2, 0.25) is 0 Å². The first-order valence-corrected chi connectivity index (χ1v) is 7.94. The van der Waals surface area contributed by atoms with E-state index < -0.39 is 16.8 Å². The summed E-state index contributed by atoms with van der Waals surface area (Å²) in [4.78, 5) is 14.4. The highest BCUT2D eigenvalue weighted by Gasteiger charge is 2.17. The van der Waals surface area contributed by atoms with E-state index in [-0.39, 0.29) is 18.3 Å². The lowest BCUT2D eigenvalue weighted by Crippen LogP contribution is -2.41. The van der Waals surface area contributed by atoms with Gasteiger partial charge < -0.3 is 10.6 Å². The number of likely N-dealkylation sites (N-methyl/N-ethyl adjacent to an activating group) is 1. The number of carbonyl (C=O) groups excluding carboxylic acids is 1. The fourth-order valence-electron chi connectivity index (χ4n) is 1.86. The molecular formula is C14H23ClN2O2S. The van der Waals surface area contributed by atoms with Gasteiger partial charge in [-0.15, -0.1) is 12.4 Å². The number of hydrogen-bond acceptors (Lipinski definition) is 3. The monoisotopic (exact) mass is 318 g/mol. The fourth-order valence-corrected chi connectivity index (χ4v) is 2.38. The van der Waals surface area contributed by atoms with Gasteiger partial charge in [0.15, 0.2) is 0 Å². The van der Waals surface area contributed by atoms with Crippen LogP contribution >= 0.6 is 12.4 Å². The van der Waals surface area contributed by atoms with E-state index in [1.807, 2.05) is 31.2 Å². The zero-order valence-electron chi connectivity index (χ0n) is 12.2. The standard InChI is InChI=1S/C14H22N2O2S.ClH/c1-4-5-13(15)14(17)16(2)10-11-6-8-12(9-7-11)19(3)18;/h6-9,13H,4-5,10,15H2,1-3H3;1H. The molecule has 114 valence electrons. The van der Waals surface area contributed by atoms with Crippen LogP contribution < -0.4 is 5.73 Å². The summed E-state index contributed by atoms with van der Waals surface area (Å²) in [6.45, 7) is 2.53. The summed E-state index contributed by atoms with van der Waals surface area (Å²) >= 11 is 0. The molecule has 0 saturated carbocycles. The van der Waals surface area contributed by atoms with Crippen LogP contribution in [0, 0.1) is 0 Å². The molecule has 6 heteroatoms. The number of carbonyl (C=O) groups is 1. The third-order valence-corrected chi connectivity index (χ3v) is 3.90. The van der Waals surface area contributed by atoms with Gasteiger partial charge in [0.05, 0.1) is 6.04 Å². The molecule has 0 aromatic heterocycles. The molecule has 0 heterocycles. The highest BCUT2D eigenvalue weighted by molar-refractivity contribution is 7.84. The molecule has 0 fully saturated rings. The van der Waals surface area contributed by atoms with Gasteiger partial charge in [0, 0.05) is 35.5 Å². The number of benzene rings is 1. The van der Waals surface area contributed by atoms with Crippen LogP contribution in [-0.4, -0.2) is 34.4 Å². The molecule has 1 aromatic carbocycles. The lowest BCUT2D eigenvalue weighted by molar-refractivity contribution is -0.131. The van der Waals surface area contributed by atoms with Crippen molar-refractivity contribution < 1.29 is 9.00 Å². The molecule has 2 N–H and O–H groups in total. The molecule has 0 radical (unpaired) electrons. The molecule has 0 aliphatic heterocycles. The molecule has 0 aliphatic rings. The average Bonchev–Trinajstić information content (AvgIpc) is 2.38. The molecule has 0 bridgehead atoms. The van der Waals surface area contributed by atoms with Crippen molar-refractivity contribution in [1.29, 1.82) is 0 Å². The van der Waals surface area contributed by atoms with Crippen molar-refractivity contribution in [1.82, 2.24) is 4.90 Å². The summed E-state index contributed by atoms with van der Waals surface area (Å²) in [5.41, 5.74) is 6.82. The van der Waals surface area contributed by atoms with Gasteiger partial charge in [-0.05, 0) is 24.1 Å². The van der Waals surface area contributed by atoms with Crippen molar-refractivity contribution in [2.45, 2.75) is 37.2 Å². The SMILES string of the molecule is CCCC(N)C(=O)N(C)Cc1ccc(S(C)=O)cc1.Cl. The van der Waals surface area contributed by atoms with Crippen molar-refractivity contribution >= 4 is 29.1 Å². The lowest BCUT2D eigenvalue weighted by atomic mass is 10.1. The number of amides is 1. The highest BCUT2D eigenvalue weighted by atomic mass is 35.5. The van der Waals surface area contributed by atoms with E-state index in [0.717, 1.165) is 16.9 Å². The number of rotatable bonds is 6. The number of nitrogens with zero attached hydrogens (tertiary/aromatic N) is 1. The molecule has 0 saturated heterocycles. The van der Waals surface area contributed by atoms with Gasteiger partial charge >= 0.3 is 0 Å². The van der Waals surface area contributed by atoms with Crippen LogP contribution in [0.5, 0.6) is 0 Å². The Balaban J connectivity index is 0.00000361. The van der Waals surface area contributed by atoms with Gasteiger partial charge in [0.1, 0.15) is 0 Å². The predicted molar refractivity (Wildman–Crippen MR) is 85.4 cm³/mol. The number of nitrogens with two attached hydrogens (primary N) is 1. The van der Waals surface area contributed by atoms with E-state index in [2.05, 4.69) is 0 Å². The highest BCUT2D eigenvalue weighted by Crippen LogP contribution is 2.10. The number of halogens is 1. The van der Waals surface area contributed by atoms with E-state index in [9.17, 15) is 9.00 Å². The Labute approximate surface area is 129 Å². The summed E-state index contributed by atoms with van der Waals surface area (Å²) in [6, 6.07) is 7.03. The smallest absolute Gasteiger partial charge is 0.239 e. The zero-order valence-corrected chi connectivity index (χ0v) is 13.8. The van der Waals surface area contributed by atoms with Gasteiger partial charge in [-0.3, -0.25) is 9.00 Å². The van der Waals surface area contributed by atoms with Crippen LogP contribution in [0.4, 0.5) is 0 Å². The minimum absolute atomic E-state index is 0. The van der Waals surface area contributed by atoms with Crippen LogP contribution in [0.25, 0.3) is 0 Å². The minimum atomic E-state index is -0.969. The van der Waals surface area contributed by atoms with Crippen molar-refractivity contribution in [3.63, 3.8) is 0 Å². The first-order chi connectivity index (χ1) is 8.95. The third-order valence-electron chi connectivity index (χ3n) is 2.97. The largest absolute Gasteiger partial charge is 0.340 e. The summed E-state index contributed by atoms with van der Waals surface area (Å²) < 4.78 is 11.3. The maximum Gasteiger partial charge on any atom is 0.239 e. The van der Waals surface area contributed by atoms with E-state index in [1.54, 1.807) is 18.2 Å². The summed E-state index contributed by atoms with van der Waals surface area (Å²) in [6.07, 6.45) is 3.25. The third kappa shape index (κ3) is 5.61. The summed E-state index contributed by atoms with van der Waals surface area (Å²) in [7, 11) is 0.784. The van der Waals surface area contributed by atoms with Gasteiger partial charge in [0.2, 0.25) is 5.91 Å². The van der Waals surface area contributed by atoms with Crippen LogP contribution in [0.3, 0.4) is 0 Å². The Hall–Kier alpha value is -0.910. The second kappa shape index (κ2) is 9.10. The van der Waals surface area contributed by atoms with Crippen molar-refractivity contribution in [3.05, 3.63) is 29.8 Å². The number of hydrogen-bond donors (Lipinski definition) is 1. The van der Waals surface area contributed by atoms with Crippen LogP contribution in [-0.2, 0) is 22.1 Å². The van der Waals surface area contributed by atoms with Gasteiger partial charge in [-0.25, -0.2) is 0 Å². The van der Waals surface area contributed by atoms with E-state index in [1.165, 1.54) is 0 Å². The molecule has 0 aliphatic carbocycles. The van der Waals surface area contributed by atoms with E-state index in [4.69, 9.17) is 5.73 Å². The van der Waals surface area contributed by atoms with Gasteiger partial charge in [-0.2, -0.15) is 0 Å². The molecule has 1 rings (SSSR count). The Morgan fingerprint density at radius 2 is 1.90 bits per heavy atom. The average molecular weight is 319 g/mol. The molecule has 1 aromatic rings. The molecule has 1 amide bonds. The molecule has 2 unspecified atom stereocenters. The van der Waals surface area contributed by atoms with Crippen molar-refractivity contribution in [2.24, 2.45) is 5.73 Å². The van der Waals surface area contributed by atoms with Crippen LogP contribution in [0.15, 0.2) is 29.2 Å². The maximum atomic E-state index is 12.0. The van der Waals surface area contributed by atoms with E-state index in [0.29, 0.717) is 13.0 Å². The first kappa shape index (κ1) is 19.1. The molecular weight excluding hydrogens is 296 g/mol. The Kier molecular flexibility index (Phi) is 8.69. The fraction of sp³-hybridized carbons (Fsp3) is 0.500. The predicted octanol–water partition coefficient (Wildman–Crippen LogP) is 1.93. The molecule has 20 heavy (non-hydrogen) atoms. The zero-order chi connectivity index (χ0) is 14.4. The van der Waals surface area contributed by atoms with Gasteiger partial charge in [0.25, 0.3) is 0 Å². The first-order valence-electron chi connectivity index (χ1n) is 6.38. The summed E-state index contributed by atoms with van der Waals surface area (Å²) in [5, 5.41) is 0. The second-order valence-corrected chi connectivity index (χ2v) is 6.07. The second-order valence-electron chi connectivity index (χ2n) is 4.69. The topological polar surface area (TPSA) is 63.4 Å². The molecule has 4 nitrogen and oxygen atoms in total. The van der Waals surface area contributed by atoms with Crippen molar-refractivity contribution in [3.8, 4) is 0 Å². The normalized spacial score (nSPS) is 13.2. The van der Waals surface area contributed by atoms with Crippen LogP contribution in [0.1, 0.15) is 25.3 Å². The Morgan fingerprint density at radius 3 is 2.35 bits per heavy atom. The molecule has 2 atom stereocenters. The maximum absolute atomic E-state index is 12.0. The van der Waals surface area contributed by atoms with E-state index >= 15 is 0 Å². The Morgan fingerprint density at radius 1 is 1.35 bits per heavy atom. The van der Waals surface area contributed by atoms with Gasteiger partial charge in [-0.1, -0.05) is 25.5 Å².